The Labute approximate surface area is 120 Å². The van der Waals surface area contributed by atoms with Crippen molar-refractivity contribution >= 4 is 23.9 Å². The van der Waals surface area contributed by atoms with Crippen molar-refractivity contribution in [3.8, 4) is 0 Å². The zero-order chi connectivity index (χ0) is 12.4. The molecule has 0 fully saturated rings. The van der Waals surface area contributed by atoms with E-state index in [0.29, 0.717) is 6.04 Å². The van der Waals surface area contributed by atoms with Crippen molar-refractivity contribution in [2.45, 2.75) is 19.4 Å². The Balaban J connectivity index is 0.00000133. The molecule has 0 saturated carbocycles. The number of fused-ring (bicyclic) bond motifs is 1. The number of para-hydroxylation sites is 1. The minimum atomic E-state index is 0. The van der Waals surface area contributed by atoms with Gasteiger partial charge in [-0.15, -0.1) is 12.4 Å². The summed E-state index contributed by atoms with van der Waals surface area (Å²) in [5.74, 6) is 0.980. The first-order valence-electron chi connectivity index (χ1n) is 6.27. The average Bonchev–Trinajstić information content (AvgIpc) is 2.57. The van der Waals surface area contributed by atoms with Crippen molar-refractivity contribution in [1.29, 1.82) is 0 Å². The van der Waals surface area contributed by atoms with Crippen molar-refractivity contribution < 1.29 is 0 Å². The van der Waals surface area contributed by atoms with Gasteiger partial charge in [0.15, 0.2) is 0 Å². The van der Waals surface area contributed by atoms with Gasteiger partial charge in [0.25, 0.3) is 0 Å². The average molecular weight is 273 g/mol. The summed E-state index contributed by atoms with van der Waals surface area (Å²) in [6.45, 7) is 2.03. The third kappa shape index (κ3) is 2.96. The van der Waals surface area contributed by atoms with E-state index in [-0.39, 0.29) is 12.4 Å². The lowest BCUT2D eigenvalue weighted by Gasteiger charge is -2.17. The molecule has 0 amide bonds. The van der Waals surface area contributed by atoms with Crippen LogP contribution in [0.1, 0.15) is 24.1 Å². The Morgan fingerprint density at radius 3 is 2.47 bits per heavy atom. The number of rotatable bonds is 1. The van der Waals surface area contributed by atoms with Crippen molar-refractivity contribution in [2.24, 2.45) is 4.99 Å². The lowest BCUT2D eigenvalue weighted by atomic mass is 9.98. The first-order chi connectivity index (χ1) is 8.83. The summed E-state index contributed by atoms with van der Waals surface area (Å²) in [5.41, 5.74) is 3.69. The molecule has 2 aromatic rings. The van der Waals surface area contributed by atoms with Gasteiger partial charge in [0.1, 0.15) is 0 Å². The molecule has 0 bridgehead atoms. The number of benzene rings is 2. The highest BCUT2D eigenvalue weighted by atomic mass is 35.5. The van der Waals surface area contributed by atoms with Crippen LogP contribution in [-0.2, 0) is 6.42 Å². The summed E-state index contributed by atoms with van der Waals surface area (Å²) < 4.78 is 0. The van der Waals surface area contributed by atoms with Crippen molar-refractivity contribution in [2.75, 3.05) is 0 Å². The third-order valence-electron chi connectivity index (χ3n) is 3.29. The fraction of sp³-hybridized carbons (Fsp3) is 0.188. The Kier molecular flexibility index (Phi) is 4.23. The smallest absolute Gasteiger partial charge is 0.0995 e. The van der Waals surface area contributed by atoms with Crippen LogP contribution in [0.5, 0.6) is 0 Å². The Hall–Kier alpha value is -1.80. The van der Waals surface area contributed by atoms with E-state index in [0.717, 1.165) is 17.9 Å². The first-order valence-corrected chi connectivity index (χ1v) is 6.27. The summed E-state index contributed by atoms with van der Waals surface area (Å²) in [4.78, 5) is 4.62. The van der Waals surface area contributed by atoms with E-state index in [9.17, 15) is 0 Å². The molecule has 3 rings (SSSR count). The fourth-order valence-electron chi connectivity index (χ4n) is 2.42. The van der Waals surface area contributed by atoms with E-state index in [2.05, 4.69) is 58.8 Å². The maximum Gasteiger partial charge on any atom is 0.0995 e. The molecule has 1 unspecified atom stereocenters. The van der Waals surface area contributed by atoms with Crippen molar-refractivity contribution in [1.82, 2.24) is 5.32 Å². The van der Waals surface area contributed by atoms with E-state index < -0.39 is 0 Å². The molecule has 2 aromatic carbocycles. The molecular formula is C16H17ClN2. The minimum Gasteiger partial charge on any atom is -0.367 e. The molecule has 3 heteroatoms. The van der Waals surface area contributed by atoms with Crippen LogP contribution in [-0.4, -0.2) is 5.84 Å². The second-order valence-corrected chi connectivity index (χ2v) is 4.64. The lowest BCUT2D eigenvalue weighted by Crippen LogP contribution is -2.26. The Bertz CT molecular complexity index is 578. The van der Waals surface area contributed by atoms with Gasteiger partial charge in [0.05, 0.1) is 17.6 Å². The topological polar surface area (TPSA) is 24.4 Å². The van der Waals surface area contributed by atoms with Crippen LogP contribution in [0.2, 0.25) is 0 Å². The van der Waals surface area contributed by atoms with Gasteiger partial charge in [0.2, 0.25) is 0 Å². The number of hydrogen-bond acceptors (Lipinski definition) is 2. The van der Waals surface area contributed by atoms with E-state index in [1.54, 1.807) is 0 Å². The van der Waals surface area contributed by atoms with E-state index in [4.69, 9.17) is 0 Å². The zero-order valence-corrected chi connectivity index (χ0v) is 11.7. The molecule has 0 aromatic heterocycles. The summed E-state index contributed by atoms with van der Waals surface area (Å²) >= 11 is 0. The van der Waals surface area contributed by atoms with Gasteiger partial charge in [-0.05, 0) is 30.5 Å². The van der Waals surface area contributed by atoms with Crippen LogP contribution in [0, 0.1) is 0 Å². The highest BCUT2D eigenvalue weighted by Crippen LogP contribution is 2.28. The molecule has 1 aliphatic heterocycles. The van der Waals surface area contributed by atoms with Crippen LogP contribution < -0.4 is 5.32 Å². The number of amidine groups is 1. The predicted molar refractivity (Wildman–Crippen MR) is 82.5 cm³/mol. The molecule has 0 spiro atoms. The maximum absolute atomic E-state index is 4.62. The number of nitrogens with zero attached hydrogens (tertiary/aromatic N) is 1. The number of aliphatic imine (C=N–C) groups is 1. The standard InChI is InChI=1S/C16H16N2.ClH/c1-12-17-15-10-6-5-9-14(15)11-16(18-12)13-7-3-2-4-8-13;/h2-10,16H,11H2,1H3,(H,17,18);1H. The molecule has 0 radical (unpaired) electrons. The van der Waals surface area contributed by atoms with Gasteiger partial charge in [-0.1, -0.05) is 48.5 Å². The van der Waals surface area contributed by atoms with Gasteiger partial charge in [-0.3, -0.25) is 0 Å². The van der Waals surface area contributed by atoms with Gasteiger partial charge in [0, 0.05) is 0 Å². The molecule has 0 saturated heterocycles. The second-order valence-electron chi connectivity index (χ2n) is 4.64. The van der Waals surface area contributed by atoms with E-state index in [1.807, 2.05) is 13.0 Å². The van der Waals surface area contributed by atoms with E-state index >= 15 is 0 Å². The fourth-order valence-corrected chi connectivity index (χ4v) is 2.42. The maximum atomic E-state index is 4.62. The molecule has 19 heavy (non-hydrogen) atoms. The molecular weight excluding hydrogens is 256 g/mol. The molecule has 2 nitrogen and oxygen atoms in total. The summed E-state index contributed by atoms with van der Waals surface area (Å²) in [6, 6.07) is 19.2. The van der Waals surface area contributed by atoms with Gasteiger partial charge in [-0.25, -0.2) is 4.99 Å². The molecule has 1 N–H and O–H groups in total. The van der Waals surface area contributed by atoms with Crippen LogP contribution >= 0.6 is 12.4 Å². The first kappa shape index (κ1) is 13.6. The molecule has 1 aliphatic rings. The Morgan fingerprint density at radius 2 is 1.68 bits per heavy atom. The van der Waals surface area contributed by atoms with Crippen LogP contribution in [0.4, 0.5) is 5.69 Å². The summed E-state index contributed by atoms with van der Waals surface area (Å²) in [6.07, 6.45) is 0.973. The lowest BCUT2D eigenvalue weighted by molar-refractivity contribution is 0.649. The van der Waals surface area contributed by atoms with Crippen molar-refractivity contribution in [3.63, 3.8) is 0 Å². The highest BCUT2D eigenvalue weighted by Gasteiger charge is 2.17. The quantitative estimate of drug-likeness (QED) is 0.832. The molecule has 1 atom stereocenters. The molecule has 1 heterocycles. The molecule has 0 aliphatic carbocycles. The number of nitrogens with one attached hydrogen (secondary N) is 1. The monoisotopic (exact) mass is 272 g/mol. The third-order valence-corrected chi connectivity index (χ3v) is 3.29. The molecule has 98 valence electrons. The van der Waals surface area contributed by atoms with Gasteiger partial charge < -0.3 is 5.32 Å². The Morgan fingerprint density at radius 1 is 1.00 bits per heavy atom. The van der Waals surface area contributed by atoms with Gasteiger partial charge >= 0.3 is 0 Å². The van der Waals surface area contributed by atoms with E-state index in [1.165, 1.54) is 11.1 Å². The second kappa shape index (κ2) is 5.89. The SMILES string of the molecule is CC1=Nc2ccccc2CC(c2ccccc2)N1.Cl. The van der Waals surface area contributed by atoms with Crippen molar-refractivity contribution in [3.05, 3.63) is 65.7 Å². The zero-order valence-electron chi connectivity index (χ0n) is 10.8. The number of halogens is 1. The van der Waals surface area contributed by atoms with Crippen LogP contribution in [0.25, 0.3) is 0 Å². The normalized spacial score (nSPS) is 17.3. The van der Waals surface area contributed by atoms with Crippen LogP contribution in [0.15, 0.2) is 59.6 Å². The van der Waals surface area contributed by atoms with Crippen LogP contribution in [0.3, 0.4) is 0 Å². The summed E-state index contributed by atoms with van der Waals surface area (Å²) in [5, 5.41) is 3.49. The highest BCUT2D eigenvalue weighted by molar-refractivity contribution is 5.85. The largest absolute Gasteiger partial charge is 0.367 e. The van der Waals surface area contributed by atoms with Gasteiger partial charge in [-0.2, -0.15) is 0 Å². The predicted octanol–water partition coefficient (Wildman–Crippen LogP) is 4.05. The summed E-state index contributed by atoms with van der Waals surface area (Å²) in [7, 11) is 0. The number of hydrogen-bond donors (Lipinski definition) is 1. The minimum absolute atomic E-state index is 0.